The number of nitrogens with zero attached hydrogens (tertiary/aromatic N) is 1. The number of hydrogen-bond acceptors (Lipinski definition) is 5. The average Bonchev–Trinajstić information content (AvgIpc) is 3.05. The number of rotatable bonds is 7. The number of aliphatic hydroxyl groups is 1. The lowest BCUT2D eigenvalue weighted by Crippen LogP contribution is -2.09. The highest BCUT2D eigenvalue weighted by atomic mass is 19.1. The molecule has 8 heteroatoms. The lowest BCUT2D eigenvalue weighted by atomic mass is 10.1. The van der Waals surface area contributed by atoms with Gasteiger partial charge in [0.25, 0.3) is 5.78 Å². The summed E-state index contributed by atoms with van der Waals surface area (Å²) in [6, 6.07) is 9.27. The van der Waals surface area contributed by atoms with Crippen LogP contribution in [0.15, 0.2) is 48.7 Å². The van der Waals surface area contributed by atoms with Crippen LogP contribution >= 0.6 is 0 Å². The van der Waals surface area contributed by atoms with E-state index in [-0.39, 0.29) is 11.4 Å². The van der Waals surface area contributed by atoms with Crippen molar-refractivity contribution in [2.45, 2.75) is 6.54 Å². The van der Waals surface area contributed by atoms with Crippen molar-refractivity contribution in [3.05, 3.63) is 65.6 Å². The predicted octanol–water partition coefficient (Wildman–Crippen LogP) is 3.40. The minimum Gasteiger partial charge on any atom is -0.507 e. The van der Waals surface area contributed by atoms with Gasteiger partial charge >= 0.3 is 5.97 Å². The standard InChI is InChI=1S/C21H18FNO6/c1-28-19-7-14-15(17(24)9-18(25)21(26)27)11-23(16(14)8-20(19)29-2)10-12-3-5-13(22)6-4-12/h3-9,11,24H,10H2,1-2H3,(H,26,27)/b17-9-. The summed E-state index contributed by atoms with van der Waals surface area (Å²) < 4.78 is 25.6. The third-order valence-electron chi connectivity index (χ3n) is 4.41. The number of ketones is 1. The molecule has 1 heterocycles. The number of benzene rings is 2. The van der Waals surface area contributed by atoms with Crippen LogP contribution in [0.4, 0.5) is 4.39 Å². The van der Waals surface area contributed by atoms with Crippen LogP contribution < -0.4 is 9.47 Å². The van der Waals surface area contributed by atoms with Gasteiger partial charge in [0.05, 0.1) is 19.7 Å². The smallest absolute Gasteiger partial charge is 0.376 e. The van der Waals surface area contributed by atoms with Crippen LogP contribution in [0.5, 0.6) is 11.5 Å². The van der Waals surface area contributed by atoms with Crippen molar-refractivity contribution in [2.24, 2.45) is 0 Å². The largest absolute Gasteiger partial charge is 0.507 e. The monoisotopic (exact) mass is 399 g/mol. The van der Waals surface area contributed by atoms with Gasteiger partial charge in [-0.25, -0.2) is 9.18 Å². The van der Waals surface area contributed by atoms with Crippen molar-refractivity contribution in [2.75, 3.05) is 14.2 Å². The number of aliphatic carboxylic acids is 1. The molecular formula is C21H18FNO6. The minimum atomic E-state index is -1.68. The number of aliphatic hydroxyl groups excluding tert-OH is 1. The number of carbonyl (C=O) groups excluding carboxylic acids is 1. The van der Waals surface area contributed by atoms with E-state index in [1.807, 2.05) is 0 Å². The maximum atomic E-state index is 13.2. The van der Waals surface area contributed by atoms with Crippen LogP contribution in [0, 0.1) is 5.82 Å². The zero-order valence-corrected chi connectivity index (χ0v) is 15.7. The zero-order chi connectivity index (χ0) is 21.1. The molecule has 3 aromatic rings. The lowest BCUT2D eigenvalue weighted by Gasteiger charge is -2.10. The SMILES string of the molecule is COc1cc2c(/C(O)=C/C(=O)C(=O)O)cn(Cc3ccc(F)cc3)c2cc1OC. The van der Waals surface area contributed by atoms with Crippen molar-refractivity contribution in [1.82, 2.24) is 4.57 Å². The summed E-state index contributed by atoms with van der Waals surface area (Å²) in [6.07, 6.45) is 2.23. The number of ether oxygens (including phenoxy) is 2. The van der Waals surface area contributed by atoms with Crippen LogP contribution in [0.25, 0.3) is 16.7 Å². The molecule has 0 atom stereocenters. The highest BCUT2D eigenvalue weighted by Crippen LogP contribution is 2.36. The molecule has 0 saturated carbocycles. The van der Waals surface area contributed by atoms with Crippen molar-refractivity contribution in [3.63, 3.8) is 0 Å². The molecule has 2 aromatic carbocycles. The second-order valence-electron chi connectivity index (χ2n) is 6.22. The Labute approximate surface area is 165 Å². The first-order chi connectivity index (χ1) is 13.8. The number of carbonyl (C=O) groups is 2. The second kappa shape index (κ2) is 8.05. The number of methoxy groups -OCH3 is 2. The van der Waals surface area contributed by atoms with Gasteiger partial charge in [-0.1, -0.05) is 12.1 Å². The summed E-state index contributed by atoms with van der Waals surface area (Å²) in [5.74, 6) is -2.92. The Kier molecular flexibility index (Phi) is 5.54. The number of carboxylic acid groups (broad SMARTS) is 1. The topological polar surface area (TPSA) is 98.0 Å². The van der Waals surface area contributed by atoms with E-state index in [2.05, 4.69) is 0 Å². The van der Waals surface area contributed by atoms with Gasteiger partial charge < -0.3 is 24.3 Å². The van der Waals surface area contributed by atoms with Gasteiger partial charge in [0, 0.05) is 35.8 Å². The molecule has 0 aliphatic rings. The molecule has 0 unspecified atom stereocenters. The summed E-state index contributed by atoms with van der Waals surface area (Å²) in [6.45, 7) is 0.340. The minimum absolute atomic E-state index is 0.248. The van der Waals surface area contributed by atoms with Gasteiger partial charge in [-0.05, 0) is 23.8 Å². The molecule has 1 aromatic heterocycles. The number of carboxylic acids is 1. The second-order valence-corrected chi connectivity index (χ2v) is 6.22. The van der Waals surface area contributed by atoms with Gasteiger partial charge in [0.2, 0.25) is 0 Å². The van der Waals surface area contributed by atoms with Crippen LogP contribution in [0.3, 0.4) is 0 Å². The fourth-order valence-corrected chi connectivity index (χ4v) is 3.00. The Morgan fingerprint density at radius 3 is 2.28 bits per heavy atom. The molecule has 0 fully saturated rings. The van der Waals surface area contributed by atoms with E-state index in [1.54, 1.807) is 35.0 Å². The first-order valence-electron chi connectivity index (χ1n) is 8.51. The van der Waals surface area contributed by atoms with Gasteiger partial charge in [0.1, 0.15) is 11.6 Å². The lowest BCUT2D eigenvalue weighted by molar-refractivity contribution is -0.146. The van der Waals surface area contributed by atoms with Crippen molar-refractivity contribution < 1.29 is 33.7 Å². The molecule has 7 nitrogen and oxygen atoms in total. The quantitative estimate of drug-likeness (QED) is 0.359. The molecule has 0 aliphatic carbocycles. The normalized spacial score (nSPS) is 11.5. The van der Waals surface area contributed by atoms with Gasteiger partial charge in [0.15, 0.2) is 11.5 Å². The number of halogens is 1. The molecular weight excluding hydrogens is 381 g/mol. The molecule has 3 rings (SSSR count). The van der Waals surface area contributed by atoms with Crippen LogP contribution in [0.1, 0.15) is 11.1 Å². The molecule has 150 valence electrons. The van der Waals surface area contributed by atoms with Gasteiger partial charge in [-0.3, -0.25) is 4.79 Å². The van der Waals surface area contributed by atoms with E-state index in [0.29, 0.717) is 35.0 Å². The number of hydrogen-bond donors (Lipinski definition) is 2. The van der Waals surface area contributed by atoms with Crippen molar-refractivity contribution >= 4 is 28.4 Å². The van der Waals surface area contributed by atoms with E-state index in [0.717, 1.165) is 5.56 Å². The molecule has 0 aliphatic heterocycles. The fourth-order valence-electron chi connectivity index (χ4n) is 3.00. The Morgan fingerprint density at radius 1 is 1.07 bits per heavy atom. The molecule has 2 N–H and O–H groups in total. The fraction of sp³-hybridized carbons (Fsp3) is 0.143. The maximum absolute atomic E-state index is 13.2. The van der Waals surface area contributed by atoms with Crippen LogP contribution in [-0.4, -0.2) is 40.8 Å². The van der Waals surface area contributed by atoms with E-state index >= 15 is 0 Å². The Balaban J connectivity index is 2.18. The van der Waals surface area contributed by atoms with Gasteiger partial charge in [-0.2, -0.15) is 0 Å². The zero-order valence-electron chi connectivity index (χ0n) is 15.7. The van der Waals surface area contributed by atoms with Crippen LogP contribution in [0.2, 0.25) is 0 Å². The number of aromatic nitrogens is 1. The first kappa shape index (κ1) is 19.9. The Morgan fingerprint density at radius 2 is 1.69 bits per heavy atom. The molecule has 0 spiro atoms. The molecule has 29 heavy (non-hydrogen) atoms. The third kappa shape index (κ3) is 4.06. The summed E-state index contributed by atoms with van der Waals surface area (Å²) in [5, 5.41) is 19.7. The molecule has 0 radical (unpaired) electrons. The highest BCUT2D eigenvalue weighted by Gasteiger charge is 2.18. The third-order valence-corrected chi connectivity index (χ3v) is 4.41. The summed E-state index contributed by atoms with van der Waals surface area (Å²) in [7, 11) is 2.95. The van der Waals surface area contributed by atoms with Crippen molar-refractivity contribution in [3.8, 4) is 11.5 Å². The molecule has 0 saturated heterocycles. The number of fused-ring (bicyclic) bond motifs is 1. The van der Waals surface area contributed by atoms with E-state index in [4.69, 9.17) is 14.6 Å². The first-order valence-corrected chi connectivity index (χ1v) is 8.51. The maximum Gasteiger partial charge on any atom is 0.376 e. The van der Waals surface area contributed by atoms with Crippen LogP contribution in [-0.2, 0) is 16.1 Å². The molecule has 0 bridgehead atoms. The van der Waals surface area contributed by atoms with E-state index in [1.165, 1.54) is 26.4 Å². The highest BCUT2D eigenvalue weighted by molar-refractivity contribution is 6.38. The Hall–Kier alpha value is -3.81. The summed E-state index contributed by atoms with van der Waals surface area (Å²) in [4.78, 5) is 22.3. The summed E-state index contributed by atoms with van der Waals surface area (Å²) >= 11 is 0. The summed E-state index contributed by atoms with van der Waals surface area (Å²) in [5.41, 5.74) is 1.69. The van der Waals surface area contributed by atoms with Crippen molar-refractivity contribution in [1.29, 1.82) is 0 Å². The van der Waals surface area contributed by atoms with E-state index in [9.17, 15) is 19.1 Å². The van der Waals surface area contributed by atoms with E-state index < -0.39 is 17.5 Å². The average molecular weight is 399 g/mol. The Bertz CT molecular complexity index is 1110. The predicted molar refractivity (Wildman–Crippen MR) is 104 cm³/mol. The molecule has 0 amide bonds. The van der Waals surface area contributed by atoms with Gasteiger partial charge in [-0.15, -0.1) is 0 Å².